The van der Waals surface area contributed by atoms with Gasteiger partial charge < -0.3 is 9.64 Å². The molecular formula is C23H24FN3O3S. The van der Waals surface area contributed by atoms with E-state index < -0.39 is 6.04 Å². The first kappa shape index (κ1) is 20.2. The van der Waals surface area contributed by atoms with Crippen LogP contribution in [0.1, 0.15) is 47.5 Å². The Kier molecular flexibility index (Phi) is 5.04. The summed E-state index contributed by atoms with van der Waals surface area (Å²) in [5.41, 5.74) is 1.54. The molecule has 2 fully saturated rings. The molecule has 1 saturated carbocycles. The Morgan fingerprint density at radius 3 is 2.68 bits per heavy atom. The molecule has 5 rings (SSSR count). The number of amides is 1. The van der Waals surface area contributed by atoms with Gasteiger partial charge in [0.1, 0.15) is 16.7 Å². The minimum atomic E-state index is -0.523. The third kappa shape index (κ3) is 3.33. The molecule has 3 unspecified atom stereocenters. The molecule has 3 atom stereocenters. The van der Waals surface area contributed by atoms with Crippen LogP contribution in [0.2, 0.25) is 0 Å². The minimum absolute atomic E-state index is 0.0882. The smallest absolute Gasteiger partial charge is 0.328 e. The number of aryl methyl sites for hydroxylation is 1. The maximum absolute atomic E-state index is 13.7. The van der Waals surface area contributed by atoms with Crippen molar-refractivity contribution in [1.82, 2.24) is 14.7 Å². The highest BCUT2D eigenvalue weighted by Gasteiger charge is 2.48. The van der Waals surface area contributed by atoms with Crippen LogP contribution in [0.15, 0.2) is 30.3 Å². The van der Waals surface area contributed by atoms with E-state index in [9.17, 15) is 14.0 Å². The van der Waals surface area contributed by atoms with E-state index in [-0.39, 0.29) is 23.7 Å². The fourth-order valence-electron chi connectivity index (χ4n) is 5.14. The van der Waals surface area contributed by atoms with Crippen molar-refractivity contribution in [2.24, 2.45) is 5.92 Å². The molecule has 6 nitrogen and oxygen atoms in total. The summed E-state index contributed by atoms with van der Waals surface area (Å²) in [5.74, 6) is -0.406. The molecule has 0 radical (unpaired) electrons. The third-order valence-corrected chi connectivity index (χ3v) is 7.72. The Balaban J connectivity index is 1.54. The molecule has 1 saturated heterocycles. The van der Waals surface area contributed by atoms with Crippen molar-refractivity contribution in [2.75, 3.05) is 7.11 Å². The number of hydrogen-bond donors (Lipinski definition) is 0. The normalized spacial score (nSPS) is 23.2. The number of carbonyl (C=O) groups is 2. The molecule has 162 valence electrons. The quantitative estimate of drug-likeness (QED) is 0.562. The molecule has 2 aliphatic rings. The summed E-state index contributed by atoms with van der Waals surface area (Å²) in [7, 11) is 1.38. The van der Waals surface area contributed by atoms with Gasteiger partial charge in [0.15, 0.2) is 0 Å². The van der Waals surface area contributed by atoms with E-state index in [0.29, 0.717) is 17.2 Å². The van der Waals surface area contributed by atoms with E-state index in [1.165, 1.54) is 30.6 Å². The van der Waals surface area contributed by atoms with Gasteiger partial charge in [-0.05, 0) is 62.4 Å². The van der Waals surface area contributed by atoms with E-state index in [1.807, 2.05) is 13.0 Å². The van der Waals surface area contributed by atoms with Crippen LogP contribution in [-0.2, 0) is 9.53 Å². The summed E-state index contributed by atoms with van der Waals surface area (Å²) in [4.78, 5) is 29.3. The second-order valence-corrected chi connectivity index (χ2v) is 9.43. The first-order chi connectivity index (χ1) is 15.0. The SMILES string of the molecule is COC(=O)C1CC2CCCCC2N1C(=O)c1cc2c(C)nn(-c3ccc(F)cc3)c2s1. The Hall–Kier alpha value is -2.74. The van der Waals surface area contributed by atoms with E-state index in [2.05, 4.69) is 5.10 Å². The highest BCUT2D eigenvalue weighted by atomic mass is 32.1. The van der Waals surface area contributed by atoms with Gasteiger partial charge in [-0.1, -0.05) is 12.8 Å². The predicted octanol–water partition coefficient (Wildman–Crippen LogP) is 4.48. The number of aromatic nitrogens is 2. The van der Waals surface area contributed by atoms with E-state index in [0.717, 1.165) is 47.3 Å². The number of fused-ring (bicyclic) bond motifs is 2. The maximum atomic E-state index is 13.7. The molecule has 1 aliphatic carbocycles. The monoisotopic (exact) mass is 441 g/mol. The summed E-state index contributed by atoms with van der Waals surface area (Å²) in [5, 5.41) is 5.47. The number of ether oxygens (including phenoxy) is 1. The number of hydrogen-bond acceptors (Lipinski definition) is 5. The van der Waals surface area contributed by atoms with Gasteiger partial charge in [-0.25, -0.2) is 13.9 Å². The number of methoxy groups -OCH3 is 1. The fourth-order valence-corrected chi connectivity index (χ4v) is 6.26. The second kappa shape index (κ2) is 7.75. The molecule has 1 amide bonds. The fraction of sp³-hybridized carbons (Fsp3) is 0.435. The van der Waals surface area contributed by atoms with Gasteiger partial charge in [-0.3, -0.25) is 4.79 Å². The number of rotatable bonds is 3. The number of halogens is 1. The van der Waals surface area contributed by atoms with Crippen LogP contribution in [0.4, 0.5) is 4.39 Å². The Morgan fingerprint density at radius 2 is 1.94 bits per heavy atom. The zero-order chi connectivity index (χ0) is 21.7. The van der Waals surface area contributed by atoms with Crippen molar-refractivity contribution >= 4 is 33.4 Å². The molecule has 1 aliphatic heterocycles. The molecule has 2 aromatic heterocycles. The first-order valence-corrected chi connectivity index (χ1v) is 11.4. The lowest BCUT2D eigenvalue weighted by Crippen LogP contribution is -2.46. The number of benzene rings is 1. The largest absolute Gasteiger partial charge is 0.467 e. The summed E-state index contributed by atoms with van der Waals surface area (Å²) >= 11 is 1.36. The third-order valence-electron chi connectivity index (χ3n) is 6.62. The molecular weight excluding hydrogens is 417 g/mol. The summed E-state index contributed by atoms with van der Waals surface area (Å²) in [6.45, 7) is 1.90. The molecule has 3 aromatic rings. The van der Waals surface area contributed by atoms with Crippen LogP contribution in [-0.4, -0.2) is 45.8 Å². The molecule has 3 heterocycles. The number of esters is 1. The van der Waals surface area contributed by atoms with Crippen LogP contribution in [0.3, 0.4) is 0 Å². The van der Waals surface area contributed by atoms with Gasteiger partial charge in [-0.15, -0.1) is 11.3 Å². The van der Waals surface area contributed by atoms with Crippen molar-refractivity contribution in [3.05, 3.63) is 46.7 Å². The van der Waals surface area contributed by atoms with E-state index in [4.69, 9.17) is 4.74 Å². The van der Waals surface area contributed by atoms with Gasteiger partial charge in [0, 0.05) is 11.4 Å². The molecule has 8 heteroatoms. The number of likely N-dealkylation sites (tertiary alicyclic amines) is 1. The number of nitrogens with zero attached hydrogens (tertiary/aromatic N) is 3. The lowest BCUT2D eigenvalue weighted by Gasteiger charge is -2.33. The van der Waals surface area contributed by atoms with Crippen LogP contribution >= 0.6 is 11.3 Å². The van der Waals surface area contributed by atoms with Gasteiger partial charge in [0.25, 0.3) is 5.91 Å². The zero-order valence-corrected chi connectivity index (χ0v) is 18.3. The van der Waals surface area contributed by atoms with Crippen LogP contribution in [0, 0.1) is 18.7 Å². The second-order valence-electron chi connectivity index (χ2n) is 8.40. The Bertz CT molecular complexity index is 1150. The standard InChI is InChI=1S/C23H24FN3O3S/c1-13-17-12-20(31-22(17)27(25-13)16-9-7-15(24)8-10-16)21(28)26-18-6-4-3-5-14(18)11-19(26)23(29)30-2/h7-10,12,14,18-19H,3-6,11H2,1-2H3. The molecule has 31 heavy (non-hydrogen) atoms. The van der Waals surface area contributed by atoms with E-state index >= 15 is 0 Å². The highest BCUT2D eigenvalue weighted by Crippen LogP contribution is 2.42. The molecule has 0 bridgehead atoms. The summed E-state index contributed by atoms with van der Waals surface area (Å²) < 4.78 is 20.1. The van der Waals surface area contributed by atoms with E-state index in [1.54, 1.807) is 21.7 Å². The average molecular weight is 442 g/mol. The highest BCUT2D eigenvalue weighted by molar-refractivity contribution is 7.20. The van der Waals surface area contributed by atoms with Crippen molar-refractivity contribution in [3.8, 4) is 5.69 Å². The predicted molar refractivity (Wildman–Crippen MR) is 116 cm³/mol. The average Bonchev–Trinajstić information content (AvgIpc) is 3.46. The van der Waals surface area contributed by atoms with Crippen molar-refractivity contribution in [3.63, 3.8) is 0 Å². The Labute approximate surface area is 183 Å². The molecule has 0 N–H and O–H groups in total. The summed E-state index contributed by atoms with van der Waals surface area (Å²) in [6, 6.07) is 7.56. The minimum Gasteiger partial charge on any atom is -0.467 e. The lowest BCUT2D eigenvalue weighted by molar-refractivity contribution is -0.145. The van der Waals surface area contributed by atoms with Crippen molar-refractivity contribution in [1.29, 1.82) is 0 Å². The topological polar surface area (TPSA) is 64.4 Å². The lowest BCUT2D eigenvalue weighted by atomic mass is 9.85. The number of carbonyl (C=O) groups excluding carboxylic acids is 2. The first-order valence-electron chi connectivity index (χ1n) is 10.6. The van der Waals surface area contributed by atoms with Crippen molar-refractivity contribution in [2.45, 2.75) is 51.1 Å². The van der Waals surface area contributed by atoms with Crippen molar-refractivity contribution < 1.29 is 18.7 Å². The van der Waals surface area contributed by atoms with Gasteiger partial charge in [0.2, 0.25) is 0 Å². The van der Waals surface area contributed by atoms with Gasteiger partial charge in [-0.2, -0.15) is 5.10 Å². The number of thiophene rings is 1. The van der Waals surface area contributed by atoms with Gasteiger partial charge in [0.05, 0.1) is 23.4 Å². The molecule has 1 aromatic carbocycles. The van der Waals surface area contributed by atoms with Crippen LogP contribution in [0.25, 0.3) is 15.9 Å². The van der Waals surface area contributed by atoms with Gasteiger partial charge >= 0.3 is 5.97 Å². The summed E-state index contributed by atoms with van der Waals surface area (Å²) in [6.07, 6.45) is 4.87. The maximum Gasteiger partial charge on any atom is 0.328 e. The zero-order valence-electron chi connectivity index (χ0n) is 17.5. The Morgan fingerprint density at radius 1 is 1.19 bits per heavy atom. The van der Waals surface area contributed by atoms with Crippen LogP contribution in [0.5, 0.6) is 0 Å². The van der Waals surface area contributed by atoms with Crippen LogP contribution < -0.4 is 0 Å². The molecule has 0 spiro atoms.